The highest BCUT2D eigenvalue weighted by atomic mass is 16.1. The van der Waals surface area contributed by atoms with Gasteiger partial charge in [-0.2, -0.15) is 5.26 Å². The number of nitrogens with one attached hydrogen (secondary N) is 2. The molecule has 3 aromatic rings. The third-order valence-corrected chi connectivity index (χ3v) is 3.49. The van der Waals surface area contributed by atoms with E-state index in [-0.39, 0.29) is 11.6 Å². The first-order chi connectivity index (χ1) is 12.2. The summed E-state index contributed by atoms with van der Waals surface area (Å²) in [5.41, 5.74) is 3.10. The molecule has 0 radical (unpaired) electrons. The largest absolute Gasteiger partial charge is 0.339 e. The summed E-state index contributed by atoms with van der Waals surface area (Å²) in [6.45, 7) is 1.95. The molecule has 0 spiro atoms. The Morgan fingerprint density at radius 1 is 1.08 bits per heavy atom. The average molecular weight is 329 g/mol. The van der Waals surface area contributed by atoms with Gasteiger partial charge < -0.3 is 10.6 Å². The van der Waals surface area contributed by atoms with Crippen molar-refractivity contribution in [1.82, 2.24) is 9.97 Å². The van der Waals surface area contributed by atoms with Crippen LogP contribution < -0.4 is 10.6 Å². The zero-order chi connectivity index (χ0) is 17.6. The minimum absolute atomic E-state index is 0.230. The van der Waals surface area contributed by atoms with E-state index in [0.29, 0.717) is 22.8 Å². The molecule has 1 aromatic heterocycles. The van der Waals surface area contributed by atoms with Gasteiger partial charge in [0.15, 0.2) is 0 Å². The van der Waals surface area contributed by atoms with Crippen LogP contribution in [0.25, 0.3) is 0 Å². The van der Waals surface area contributed by atoms with Crippen LogP contribution in [0.1, 0.15) is 21.6 Å². The Morgan fingerprint density at radius 2 is 1.92 bits per heavy atom. The summed E-state index contributed by atoms with van der Waals surface area (Å²) in [5, 5.41) is 15.0. The van der Waals surface area contributed by atoms with Crippen LogP contribution in [0.2, 0.25) is 0 Å². The molecule has 0 atom stereocenters. The first-order valence-electron chi connectivity index (χ1n) is 7.62. The Labute approximate surface area is 145 Å². The molecule has 0 aliphatic heterocycles. The number of carbonyl (C=O) groups excluding carboxylic acids is 1. The van der Waals surface area contributed by atoms with Gasteiger partial charge in [-0.1, -0.05) is 24.3 Å². The Bertz CT molecular complexity index is 962. The predicted octanol–water partition coefficient (Wildman–Crippen LogP) is 3.65. The molecule has 0 unspecified atom stereocenters. The van der Waals surface area contributed by atoms with Crippen molar-refractivity contribution < 1.29 is 4.79 Å². The molecule has 0 aliphatic carbocycles. The molecule has 25 heavy (non-hydrogen) atoms. The van der Waals surface area contributed by atoms with Crippen LogP contribution in [0.15, 0.2) is 60.9 Å². The maximum atomic E-state index is 12.4. The maximum absolute atomic E-state index is 12.4. The normalized spacial score (nSPS) is 9.92. The van der Waals surface area contributed by atoms with Crippen molar-refractivity contribution in [3.05, 3.63) is 77.7 Å². The van der Waals surface area contributed by atoms with Gasteiger partial charge in [-0.25, -0.2) is 9.97 Å². The summed E-state index contributed by atoms with van der Waals surface area (Å²) in [6.07, 6.45) is 1.31. The number of nitriles is 1. The fourth-order valence-corrected chi connectivity index (χ4v) is 2.30. The van der Waals surface area contributed by atoms with E-state index >= 15 is 0 Å². The molecule has 2 aromatic carbocycles. The van der Waals surface area contributed by atoms with E-state index in [0.717, 1.165) is 5.56 Å². The number of carbonyl (C=O) groups is 1. The summed E-state index contributed by atoms with van der Waals surface area (Å²) in [4.78, 5) is 20.5. The zero-order valence-corrected chi connectivity index (χ0v) is 13.5. The summed E-state index contributed by atoms with van der Waals surface area (Å²) >= 11 is 0. The number of nitrogens with zero attached hydrogens (tertiary/aromatic N) is 3. The van der Waals surface area contributed by atoms with Gasteiger partial charge in [-0.05, 0) is 36.8 Å². The summed E-state index contributed by atoms with van der Waals surface area (Å²) in [7, 11) is 0. The van der Waals surface area contributed by atoms with Crippen LogP contribution >= 0.6 is 0 Å². The second-order valence-electron chi connectivity index (χ2n) is 5.39. The van der Waals surface area contributed by atoms with Gasteiger partial charge in [-0.3, -0.25) is 4.79 Å². The molecular formula is C19H15N5O. The molecule has 0 fully saturated rings. The van der Waals surface area contributed by atoms with E-state index in [2.05, 4.69) is 26.7 Å². The topological polar surface area (TPSA) is 90.7 Å². The molecule has 1 amide bonds. The Kier molecular flexibility index (Phi) is 4.67. The highest BCUT2D eigenvalue weighted by Gasteiger charge is 2.10. The molecule has 0 saturated carbocycles. The fourth-order valence-electron chi connectivity index (χ4n) is 2.30. The summed E-state index contributed by atoms with van der Waals surface area (Å²) < 4.78 is 0. The van der Waals surface area contributed by atoms with E-state index in [4.69, 9.17) is 5.26 Å². The van der Waals surface area contributed by atoms with Crippen molar-refractivity contribution >= 4 is 23.1 Å². The van der Waals surface area contributed by atoms with E-state index in [9.17, 15) is 4.79 Å². The number of rotatable bonds is 4. The molecular weight excluding hydrogens is 314 g/mol. The van der Waals surface area contributed by atoms with Crippen molar-refractivity contribution in [2.45, 2.75) is 6.92 Å². The van der Waals surface area contributed by atoms with Gasteiger partial charge in [0.05, 0.1) is 11.3 Å². The maximum Gasteiger partial charge on any atom is 0.274 e. The second-order valence-corrected chi connectivity index (χ2v) is 5.39. The van der Waals surface area contributed by atoms with Crippen molar-refractivity contribution in [3.63, 3.8) is 0 Å². The van der Waals surface area contributed by atoms with Gasteiger partial charge in [0.25, 0.3) is 5.91 Å². The molecule has 0 aliphatic rings. The van der Waals surface area contributed by atoms with E-state index in [1.807, 2.05) is 37.3 Å². The highest BCUT2D eigenvalue weighted by Crippen LogP contribution is 2.19. The van der Waals surface area contributed by atoms with Crippen molar-refractivity contribution in [1.29, 1.82) is 5.26 Å². The predicted molar refractivity (Wildman–Crippen MR) is 95.6 cm³/mol. The first kappa shape index (κ1) is 16.1. The van der Waals surface area contributed by atoms with Crippen molar-refractivity contribution in [3.8, 4) is 6.07 Å². The third kappa shape index (κ3) is 3.98. The number of amides is 1. The molecule has 1 heterocycles. The third-order valence-electron chi connectivity index (χ3n) is 3.49. The molecule has 2 N–H and O–H groups in total. The lowest BCUT2D eigenvalue weighted by Gasteiger charge is -2.09. The van der Waals surface area contributed by atoms with Crippen molar-refractivity contribution in [2.75, 3.05) is 10.6 Å². The number of benzene rings is 2. The van der Waals surface area contributed by atoms with Gasteiger partial charge in [0.2, 0.25) is 0 Å². The minimum atomic E-state index is -0.329. The first-order valence-corrected chi connectivity index (χ1v) is 7.62. The fraction of sp³-hybridized carbons (Fsp3) is 0.0526. The van der Waals surface area contributed by atoms with Gasteiger partial charge in [0.1, 0.15) is 23.9 Å². The highest BCUT2D eigenvalue weighted by molar-refractivity contribution is 6.03. The quantitative estimate of drug-likeness (QED) is 0.762. The number of aryl methyl sites for hydroxylation is 1. The Hall–Kier alpha value is -3.72. The summed E-state index contributed by atoms with van der Waals surface area (Å²) in [6, 6.07) is 18.2. The van der Waals surface area contributed by atoms with E-state index in [1.54, 1.807) is 24.3 Å². The Morgan fingerprint density at radius 3 is 2.72 bits per heavy atom. The number of para-hydroxylation sites is 1. The Balaban J connectivity index is 1.79. The number of anilines is 3. The molecule has 0 bridgehead atoms. The molecule has 6 heteroatoms. The average Bonchev–Trinajstić information content (AvgIpc) is 2.62. The van der Waals surface area contributed by atoms with Gasteiger partial charge >= 0.3 is 0 Å². The van der Waals surface area contributed by atoms with Crippen LogP contribution in [-0.2, 0) is 0 Å². The number of hydrogen-bond acceptors (Lipinski definition) is 5. The van der Waals surface area contributed by atoms with E-state index in [1.165, 1.54) is 6.33 Å². The van der Waals surface area contributed by atoms with Gasteiger partial charge in [-0.15, -0.1) is 0 Å². The van der Waals surface area contributed by atoms with Crippen LogP contribution in [0.4, 0.5) is 17.2 Å². The smallest absolute Gasteiger partial charge is 0.274 e. The van der Waals surface area contributed by atoms with Crippen LogP contribution in [0, 0.1) is 18.3 Å². The lowest BCUT2D eigenvalue weighted by Crippen LogP contribution is -2.14. The second kappa shape index (κ2) is 7.23. The molecule has 122 valence electrons. The van der Waals surface area contributed by atoms with Crippen molar-refractivity contribution in [2.24, 2.45) is 0 Å². The van der Waals surface area contributed by atoms with E-state index < -0.39 is 0 Å². The SMILES string of the molecule is Cc1cccc(NC(=O)c2cc(Nc3ccccc3C#N)ncn2)c1. The monoisotopic (exact) mass is 329 g/mol. The lowest BCUT2D eigenvalue weighted by atomic mass is 10.2. The number of hydrogen-bond donors (Lipinski definition) is 2. The molecule has 0 saturated heterocycles. The molecule has 3 rings (SSSR count). The minimum Gasteiger partial charge on any atom is -0.339 e. The van der Waals surface area contributed by atoms with Crippen LogP contribution in [0.3, 0.4) is 0 Å². The standard InChI is InChI=1S/C19H15N5O/c1-13-5-4-7-15(9-13)23-19(25)17-10-18(22-12-21-17)24-16-8-3-2-6-14(16)11-20/h2-10,12H,1H3,(H,23,25)(H,21,22,24). The lowest BCUT2D eigenvalue weighted by molar-refractivity contribution is 0.102. The van der Waals surface area contributed by atoms with Gasteiger partial charge in [0, 0.05) is 11.8 Å². The van der Waals surface area contributed by atoms with Crippen LogP contribution in [-0.4, -0.2) is 15.9 Å². The number of aromatic nitrogens is 2. The molecule has 6 nitrogen and oxygen atoms in total. The zero-order valence-electron chi connectivity index (χ0n) is 13.5. The van der Waals surface area contributed by atoms with Crippen LogP contribution in [0.5, 0.6) is 0 Å². The summed E-state index contributed by atoms with van der Waals surface area (Å²) in [5.74, 6) is 0.108.